The minimum atomic E-state index is -0.573. The number of nitrogens with two attached hydrogens (primary N) is 1. The van der Waals surface area contributed by atoms with Gasteiger partial charge in [-0.05, 0) is 17.5 Å². The number of rotatable bonds is 6. The molecule has 3 rings (SSSR count). The van der Waals surface area contributed by atoms with Gasteiger partial charge in [0.15, 0.2) is 0 Å². The van der Waals surface area contributed by atoms with Gasteiger partial charge in [0, 0.05) is 11.1 Å². The van der Waals surface area contributed by atoms with E-state index < -0.39 is 5.91 Å². The third-order valence-electron chi connectivity index (χ3n) is 3.06. The number of amides is 1. The van der Waals surface area contributed by atoms with Gasteiger partial charge < -0.3 is 15.8 Å². The van der Waals surface area contributed by atoms with Crippen molar-refractivity contribution in [3.63, 3.8) is 0 Å². The summed E-state index contributed by atoms with van der Waals surface area (Å²) in [6, 6.07) is 5.69. The molecule has 0 saturated carbocycles. The molecule has 0 bridgehead atoms. The molecule has 6 nitrogen and oxygen atoms in total. The van der Waals surface area contributed by atoms with E-state index >= 15 is 0 Å². The van der Waals surface area contributed by atoms with Crippen molar-refractivity contribution in [2.24, 2.45) is 5.73 Å². The number of hydrogen-bond acceptors (Lipinski definition) is 7. The van der Waals surface area contributed by atoms with Crippen molar-refractivity contribution >= 4 is 34.3 Å². The number of primary amides is 1. The zero-order valence-electron chi connectivity index (χ0n) is 12.3. The van der Waals surface area contributed by atoms with Crippen molar-refractivity contribution in [3.05, 3.63) is 46.4 Å². The van der Waals surface area contributed by atoms with Crippen molar-refractivity contribution < 1.29 is 9.53 Å². The Kier molecular flexibility index (Phi) is 4.54. The second-order valence-corrected chi connectivity index (χ2v) is 6.67. The predicted molar refractivity (Wildman–Crippen MR) is 92.1 cm³/mol. The monoisotopic (exact) mass is 346 g/mol. The Morgan fingerprint density at radius 3 is 2.96 bits per heavy atom. The molecule has 8 heteroatoms. The Bertz CT molecular complexity index is 815. The lowest BCUT2D eigenvalue weighted by molar-refractivity contribution is 0.0996. The Morgan fingerprint density at radius 1 is 1.39 bits per heavy atom. The number of pyridine rings is 1. The maximum Gasteiger partial charge on any atom is 0.254 e. The summed E-state index contributed by atoms with van der Waals surface area (Å²) < 4.78 is 5.02. The fourth-order valence-corrected chi connectivity index (χ4v) is 3.64. The summed E-state index contributed by atoms with van der Waals surface area (Å²) in [4.78, 5) is 22.2. The van der Waals surface area contributed by atoms with Crippen LogP contribution in [0.25, 0.3) is 9.88 Å². The first-order valence-corrected chi connectivity index (χ1v) is 8.43. The minimum absolute atomic E-state index is 0.223. The van der Waals surface area contributed by atoms with Crippen molar-refractivity contribution in [2.75, 3.05) is 12.4 Å². The van der Waals surface area contributed by atoms with Crippen LogP contribution in [0.5, 0.6) is 5.88 Å². The third kappa shape index (κ3) is 3.49. The summed E-state index contributed by atoms with van der Waals surface area (Å²) in [5.41, 5.74) is 6.28. The van der Waals surface area contributed by atoms with Gasteiger partial charge in [0.25, 0.3) is 5.91 Å². The van der Waals surface area contributed by atoms with Gasteiger partial charge in [-0.25, -0.2) is 9.97 Å². The normalized spacial score (nSPS) is 10.5. The molecule has 0 aliphatic rings. The molecule has 0 aromatic carbocycles. The molecule has 0 atom stereocenters. The molecular formula is C15H14N4O2S2. The van der Waals surface area contributed by atoms with Crippen molar-refractivity contribution in [3.8, 4) is 15.8 Å². The predicted octanol–water partition coefficient (Wildman–Crippen LogP) is 2.99. The Balaban J connectivity index is 1.71. The number of methoxy groups -OCH3 is 1. The highest BCUT2D eigenvalue weighted by Gasteiger charge is 2.12. The Morgan fingerprint density at radius 2 is 2.26 bits per heavy atom. The summed E-state index contributed by atoms with van der Waals surface area (Å²) in [5.74, 6) is -0.350. The summed E-state index contributed by atoms with van der Waals surface area (Å²) in [5, 5.41) is 6.25. The molecule has 0 unspecified atom stereocenters. The van der Waals surface area contributed by atoms with Gasteiger partial charge in [-0.1, -0.05) is 6.07 Å². The number of anilines is 1. The van der Waals surface area contributed by atoms with E-state index in [0.717, 1.165) is 14.8 Å². The van der Waals surface area contributed by atoms with E-state index in [1.165, 1.54) is 7.11 Å². The average Bonchev–Trinajstić information content (AvgIpc) is 3.23. The van der Waals surface area contributed by atoms with Gasteiger partial charge in [-0.2, -0.15) is 0 Å². The van der Waals surface area contributed by atoms with Gasteiger partial charge in [-0.3, -0.25) is 4.79 Å². The molecule has 3 aromatic heterocycles. The molecular weight excluding hydrogens is 332 g/mol. The molecule has 3 heterocycles. The number of carbonyl (C=O) groups excluding carboxylic acids is 1. The number of thiazole rings is 1. The number of aromatic nitrogens is 2. The second-order valence-electron chi connectivity index (χ2n) is 4.61. The number of ether oxygens (including phenoxy) is 1. The van der Waals surface area contributed by atoms with Crippen LogP contribution in [-0.2, 0) is 6.54 Å². The van der Waals surface area contributed by atoms with E-state index in [4.69, 9.17) is 10.5 Å². The summed E-state index contributed by atoms with van der Waals surface area (Å²) in [7, 11) is 1.45. The first kappa shape index (κ1) is 15.4. The van der Waals surface area contributed by atoms with Crippen LogP contribution in [0, 0.1) is 0 Å². The molecule has 3 N–H and O–H groups in total. The standard InChI is InChI=1S/C15H14N4O2S2/c1-21-14-11(13(16)20)5-9(6-18-14)17-7-10-8-19-15(23-10)12-3-2-4-22-12/h2-6,8,17H,7H2,1H3,(H2,16,20). The SMILES string of the molecule is COc1ncc(NCc2cnc(-c3cccs3)s2)cc1C(N)=O. The van der Waals surface area contributed by atoms with Crippen molar-refractivity contribution in [1.82, 2.24) is 9.97 Å². The van der Waals surface area contributed by atoms with Crippen LogP contribution >= 0.6 is 22.7 Å². The lowest BCUT2D eigenvalue weighted by Crippen LogP contribution is -2.14. The molecule has 1 amide bonds. The highest BCUT2D eigenvalue weighted by molar-refractivity contribution is 7.20. The smallest absolute Gasteiger partial charge is 0.254 e. The highest BCUT2D eigenvalue weighted by Crippen LogP contribution is 2.29. The topological polar surface area (TPSA) is 90.1 Å². The number of thiophene rings is 1. The van der Waals surface area contributed by atoms with E-state index in [-0.39, 0.29) is 11.4 Å². The lowest BCUT2D eigenvalue weighted by atomic mass is 10.2. The zero-order valence-corrected chi connectivity index (χ0v) is 13.9. The quantitative estimate of drug-likeness (QED) is 0.716. The number of carbonyl (C=O) groups is 1. The lowest BCUT2D eigenvalue weighted by Gasteiger charge is -2.08. The van der Waals surface area contributed by atoms with Crippen LogP contribution in [0.15, 0.2) is 36.0 Å². The van der Waals surface area contributed by atoms with Crippen molar-refractivity contribution in [2.45, 2.75) is 6.54 Å². The first-order valence-electron chi connectivity index (χ1n) is 6.73. The van der Waals surface area contributed by atoms with Crippen LogP contribution < -0.4 is 15.8 Å². The molecule has 0 aliphatic carbocycles. The molecule has 0 spiro atoms. The number of nitrogens with one attached hydrogen (secondary N) is 1. The van der Waals surface area contributed by atoms with Gasteiger partial charge >= 0.3 is 0 Å². The van der Waals surface area contributed by atoms with E-state index in [1.54, 1.807) is 34.9 Å². The largest absolute Gasteiger partial charge is 0.480 e. The number of nitrogens with zero attached hydrogens (tertiary/aromatic N) is 2. The maximum atomic E-state index is 11.4. The van der Waals surface area contributed by atoms with E-state index in [1.807, 2.05) is 23.7 Å². The fourth-order valence-electron chi connectivity index (χ4n) is 1.98. The fraction of sp³-hybridized carbons (Fsp3) is 0.133. The van der Waals surface area contributed by atoms with Crippen LogP contribution in [0.4, 0.5) is 5.69 Å². The molecule has 23 heavy (non-hydrogen) atoms. The first-order chi connectivity index (χ1) is 11.2. The maximum absolute atomic E-state index is 11.4. The summed E-state index contributed by atoms with van der Waals surface area (Å²) >= 11 is 3.29. The molecule has 0 aliphatic heterocycles. The van der Waals surface area contributed by atoms with E-state index in [0.29, 0.717) is 12.2 Å². The average molecular weight is 346 g/mol. The highest BCUT2D eigenvalue weighted by atomic mass is 32.1. The van der Waals surface area contributed by atoms with Crippen LogP contribution in [0.2, 0.25) is 0 Å². The molecule has 118 valence electrons. The van der Waals surface area contributed by atoms with E-state index in [9.17, 15) is 4.79 Å². The van der Waals surface area contributed by atoms with Gasteiger partial charge in [0.1, 0.15) is 10.6 Å². The van der Waals surface area contributed by atoms with Gasteiger partial charge in [0.2, 0.25) is 5.88 Å². The minimum Gasteiger partial charge on any atom is -0.480 e. The van der Waals surface area contributed by atoms with Crippen LogP contribution in [0.1, 0.15) is 15.2 Å². The third-order valence-corrected chi connectivity index (χ3v) is 5.10. The summed E-state index contributed by atoms with van der Waals surface area (Å²) in [6.45, 7) is 0.593. The van der Waals surface area contributed by atoms with Crippen LogP contribution in [-0.4, -0.2) is 23.0 Å². The molecule has 0 saturated heterocycles. The molecule has 3 aromatic rings. The summed E-state index contributed by atoms with van der Waals surface area (Å²) in [6.07, 6.45) is 3.45. The van der Waals surface area contributed by atoms with Crippen molar-refractivity contribution in [1.29, 1.82) is 0 Å². The van der Waals surface area contributed by atoms with Crippen LogP contribution in [0.3, 0.4) is 0 Å². The van der Waals surface area contributed by atoms with Gasteiger partial charge in [-0.15, -0.1) is 22.7 Å². The van der Waals surface area contributed by atoms with E-state index in [2.05, 4.69) is 15.3 Å². The molecule has 0 fully saturated rings. The Hall–Kier alpha value is -2.45. The molecule has 0 radical (unpaired) electrons. The zero-order chi connectivity index (χ0) is 16.2. The Labute approximate surface area is 141 Å². The number of hydrogen-bond donors (Lipinski definition) is 2. The second kappa shape index (κ2) is 6.76. The van der Waals surface area contributed by atoms with Gasteiger partial charge in [0.05, 0.1) is 30.4 Å².